The van der Waals surface area contributed by atoms with E-state index in [1.54, 1.807) is 20.8 Å². The van der Waals surface area contributed by atoms with Gasteiger partial charge in [0.15, 0.2) is 5.82 Å². The molecule has 0 aliphatic carbocycles. The van der Waals surface area contributed by atoms with Crippen molar-refractivity contribution in [1.29, 1.82) is 0 Å². The average Bonchev–Trinajstić information content (AvgIpc) is 2.76. The van der Waals surface area contributed by atoms with E-state index >= 15 is 0 Å². The summed E-state index contributed by atoms with van der Waals surface area (Å²) in [5.41, 5.74) is -0.216. The van der Waals surface area contributed by atoms with Crippen LogP contribution >= 0.6 is 22.3 Å². The van der Waals surface area contributed by atoms with Gasteiger partial charge in [-0.05, 0) is 39.0 Å². The number of benzene rings is 1. The van der Waals surface area contributed by atoms with Crippen LogP contribution in [0.15, 0.2) is 23.4 Å². The lowest BCUT2D eigenvalue weighted by Crippen LogP contribution is -2.25. The van der Waals surface area contributed by atoms with Gasteiger partial charge in [0.05, 0.1) is 5.02 Å². The molecule has 114 valence electrons. The second-order valence-electron chi connectivity index (χ2n) is 5.38. The molecule has 0 amide bonds. The van der Waals surface area contributed by atoms with Crippen molar-refractivity contribution in [2.75, 3.05) is 0 Å². The number of hydrogen-bond donors (Lipinski definition) is 0. The Labute approximate surface area is 131 Å². The van der Waals surface area contributed by atoms with Crippen LogP contribution in [0.25, 0.3) is 11.4 Å². The molecule has 9 heteroatoms. The van der Waals surface area contributed by atoms with E-state index in [1.807, 2.05) is 0 Å². The molecule has 0 saturated heterocycles. The van der Waals surface area contributed by atoms with Gasteiger partial charge in [0.2, 0.25) is 0 Å². The minimum Gasteiger partial charge on any atom is -0.291 e. The van der Waals surface area contributed by atoms with E-state index in [4.69, 9.17) is 22.3 Å². The quantitative estimate of drug-likeness (QED) is 0.777. The molecule has 1 aromatic heterocycles. The Kier molecular flexibility index (Phi) is 4.03. The normalized spacial score (nSPS) is 12.7. The third-order valence-electron chi connectivity index (χ3n) is 2.70. The molecule has 0 radical (unpaired) electrons. The summed E-state index contributed by atoms with van der Waals surface area (Å²) >= 11 is 5.75. The summed E-state index contributed by atoms with van der Waals surface area (Å²) in [4.78, 5) is 0. The molecule has 0 N–H and O–H groups in total. The molecule has 0 aliphatic rings. The molecule has 0 bridgehead atoms. The fourth-order valence-electron chi connectivity index (χ4n) is 1.85. The summed E-state index contributed by atoms with van der Waals surface area (Å²) in [5.74, 6) is -0.337. The van der Waals surface area contributed by atoms with Crippen LogP contribution in [0.5, 0.6) is 0 Å². The molecule has 2 aromatic rings. The Bertz CT molecular complexity index is 797. The molecule has 0 unspecified atom stereocenters. The van der Waals surface area contributed by atoms with Crippen LogP contribution in [0.3, 0.4) is 0 Å². The summed E-state index contributed by atoms with van der Waals surface area (Å²) < 4.78 is 37.9. The lowest BCUT2D eigenvalue weighted by Gasteiger charge is -2.24. The second kappa shape index (κ2) is 5.23. The molecule has 1 heterocycles. The van der Waals surface area contributed by atoms with Crippen LogP contribution in [-0.2, 0) is 14.6 Å². The smallest absolute Gasteiger partial charge is 0.291 e. The first kappa shape index (κ1) is 16.2. The first-order valence-corrected chi connectivity index (χ1v) is 8.56. The predicted molar refractivity (Wildman–Crippen MR) is 78.5 cm³/mol. The topological polar surface area (TPSA) is 64.8 Å². The van der Waals surface area contributed by atoms with Crippen molar-refractivity contribution in [3.63, 3.8) is 0 Å². The average molecular weight is 352 g/mol. The van der Waals surface area contributed by atoms with E-state index in [1.165, 1.54) is 22.8 Å². The number of hydrogen-bond acceptors (Lipinski definition) is 4. The Morgan fingerprint density at radius 3 is 2.33 bits per heavy atom. The van der Waals surface area contributed by atoms with E-state index in [2.05, 4.69) is 10.2 Å². The van der Waals surface area contributed by atoms with Crippen molar-refractivity contribution in [3.05, 3.63) is 29.0 Å². The minimum absolute atomic E-state index is 0.0914. The van der Waals surface area contributed by atoms with Gasteiger partial charge in [-0.15, -0.1) is 10.2 Å². The van der Waals surface area contributed by atoms with Gasteiger partial charge in [-0.2, -0.15) is 0 Å². The molecule has 0 spiro atoms. The van der Waals surface area contributed by atoms with E-state index in [0.717, 1.165) is 0 Å². The summed E-state index contributed by atoms with van der Waals surface area (Å²) in [6.07, 6.45) is 0. The zero-order chi connectivity index (χ0) is 16.0. The number of rotatable bonds is 2. The standard InChI is InChI=1S/C12H12Cl2FN3O2S/c1-12(2,3)18-10(16-17-11(18)21(14,19)20)7-4-5-9(15)8(13)6-7/h4-6H,1-3H3. The second-order valence-corrected chi connectivity index (χ2v) is 8.25. The zero-order valence-electron chi connectivity index (χ0n) is 11.4. The molecule has 5 nitrogen and oxygen atoms in total. The van der Waals surface area contributed by atoms with Gasteiger partial charge in [0.1, 0.15) is 5.82 Å². The third-order valence-corrected chi connectivity index (χ3v) is 4.10. The highest BCUT2D eigenvalue weighted by atomic mass is 35.7. The van der Waals surface area contributed by atoms with Crippen LogP contribution in [-0.4, -0.2) is 23.2 Å². The predicted octanol–water partition coefficient (Wildman–Crippen LogP) is 3.42. The van der Waals surface area contributed by atoms with Gasteiger partial charge in [0.25, 0.3) is 14.2 Å². The van der Waals surface area contributed by atoms with Crippen LogP contribution in [0.4, 0.5) is 4.39 Å². The number of nitrogens with zero attached hydrogens (tertiary/aromatic N) is 3. The van der Waals surface area contributed by atoms with Crippen molar-refractivity contribution in [2.45, 2.75) is 31.5 Å². The van der Waals surface area contributed by atoms with Gasteiger partial charge >= 0.3 is 0 Å². The Hall–Kier alpha value is -1.18. The van der Waals surface area contributed by atoms with Gasteiger partial charge in [-0.25, -0.2) is 12.8 Å². The fourth-order valence-corrected chi connectivity index (χ4v) is 3.05. The van der Waals surface area contributed by atoms with Gasteiger partial charge < -0.3 is 0 Å². The monoisotopic (exact) mass is 351 g/mol. The summed E-state index contributed by atoms with van der Waals surface area (Å²) in [5, 5.41) is 7.04. The third kappa shape index (κ3) is 3.20. The summed E-state index contributed by atoms with van der Waals surface area (Å²) in [6, 6.07) is 3.97. The number of halogens is 3. The summed E-state index contributed by atoms with van der Waals surface area (Å²) in [6.45, 7) is 5.32. The lowest BCUT2D eigenvalue weighted by molar-refractivity contribution is 0.367. The first-order chi connectivity index (χ1) is 9.51. The molecular weight excluding hydrogens is 340 g/mol. The lowest BCUT2D eigenvalue weighted by atomic mass is 10.1. The van der Waals surface area contributed by atoms with Crippen LogP contribution in [0.2, 0.25) is 5.02 Å². The molecule has 0 aliphatic heterocycles. The highest BCUT2D eigenvalue weighted by Crippen LogP contribution is 2.31. The van der Waals surface area contributed by atoms with Crippen molar-refractivity contribution >= 4 is 31.3 Å². The Balaban J connectivity index is 2.76. The van der Waals surface area contributed by atoms with Crippen LogP contribution in [0, 0.1) is 5.82 Å². The van der Waals surface area contributed by atoms with Crippen molar-refractivity contribution in [3.8, 4) is 11.4 Å². The summed E-state index contributed by atoms with van der Waals surface area (Å²) in [7, 11) is 1.32. The van der Waals surface area contributed by atoms with Crippen LogP contribution in [0.1, 0.15) is 20.8 Å². The van der Waals surface area contributed by atoms with Gasteiger partial charge in [0, 0.05) is 21.8 Å². The largest absolute Gasteiger partial charge is 0.296 e. The molecule has 2 rings (SSSR count). The Morgan fingerprint density at radius 2 is 1.86 bits per heavy atom. The van der Waals surface area contributed by atoms with Crippen molar-refractivity contribution < 1.29 is 12.8 Å². The van der Waals surface area contributed by atoms with E-state index in [-0.39, 0.29) is 16.0 Å². The van der Waals surface area contributed by atoms with Crippen LogP contribution < -0.4 is 0 Å². The van der Waals surface area contributed by atoms with Crippen molar-refractivity contribution in [1.82, 2.24) is 14.8 Å². The SMILES string of the molecule is CC(C)(C)n1c(-c2ccc(F)c(Cl)c2)nnc1S(=O)(=O)Cl. The number of aromatic nitrogens is 3. The molecule has 0 fully saturated rings. The molecule has 1 aromatic carbocycles. The molecular formula is C12H12Cl2FN3O2S. The Morgan fingerprint density at radius 1 is 1.24 bits per heavy atom. The molecule has 0 saturated carbocycles. The highest BCUT2D eigenvalue weighted by molar-refractivity contribution is 8.13. The van der Waals surface area contributed by atoms with Gasteiger partial charge in [-0.1, -0.05) is 11.6 Å². The maximum atomic E-state index is 13.3. The first-order valence-electron chi connectivity index (χ1n) is 5.88. The maximum Gasteiger partial charge on any atom is 0.296 e. The highest BCUT2D eigenvalue weighted by Gasteiger charge is 2.30. The van der Waals surface area contributed by atoms with Crippen molar-refractivity contribution in [2.24, 2.45) is 0 Å². The minimum atomic E-state index is -4.07. The zero-order valence-corrected chi connectivity index (χ0v) is 13.8. The molecule has 21 heavy (non-hydrogen) atoms. The van der Waals surface area contributed by atoms with E-state index < -0.39 is 20.4 Å². The van der Waals surface area contributed by atoms with E-state index in [0.29, 0.717) is 5.56 Å². The molecule has 0 atom stereocenters. The van der Waals surface area contributed by atoms with E-state index in [9.17, 15) is 12.8 Å². The maximum absolute atomic E-state index is 13.3. The van der Waals surface area contributed by atoms with Gasteiger partial charge in [-0.3, -0.25) is 4.57 Å². The fraction of sp³-hybridized carbons (Fsp3) is 0.333.